The van der Waals surface area contributed by atoms with Crippen LogP contribution in [0.25, 0.3) is 0 Å². The molecule has 0 atom stereocenters. The van der Waals surface area contributed by atoms with E-state index in [1.165, 1.54) is 10.9 Å². The first-order valence-corrected chi connectivity index (χ1v) is 6.18. The van der Waals surface area contributed by atoms with Crippen LogP contribution in [0.3, 0.4) is 0 Å². The monoisotopic (exact) mass is 247 g/mol. The van der Waals surface area contributed by atoms with Crippen molar-refractivity contribution in [3.8, 4) is 0 Å². The van der Waals surface area contributed by atoms with Crippen molar-refractivity contribution in [1.29, 1.82) is 0 Å². The van der Waals surface area contributed by atoms with Crippen molar-refractivity contribution in [2.45, 2.75) is 13.3 Å². The van der Waals surface area contributed by atoms with E-state index < -0.39 is 28.2 Å². The SMILES string of the molecule is Cc1nn(C)cc1NS(=O)(=O)CCC(=O)O. The van der Waals surface area contributed by atoms with Gasteiger partial charge >= 0.3 is 5.97 Å². The molecule has 1 aromatic heterocycles. The molecule has 0 aliphatic carbocycles. The number of aromatic nitrogens is 2. The van der Waals surface area contributed by atoms with Crippen LogP contribution in [0.4, 0.5) is 5.69 Å². The zero-order chi connectivity index (χ0) is 12.3. The maximum absolute atomic E-state index is 11.5. The number of rotatable bonds is 5. The normalized spacial score (nSPS) is 11.4. The van der Waals surface area contributed by atoms with Crippen molar-refractivity contribution in [2.75, 3.05) is 10.5 Å². The van der Waals surface area contributed by atoms with Gasteiger partial charge in [0.05, 0.1) is 23.6 Å². The van der Waals surface area contributed by atoms with Gasteiger partial charge in [-0.05, 0) is 6.92 Å². The Hall–Kier alpha value is -1.57. The quantitative estimate of drug-likeness (QED) is 0.759. The highest BCUT2D eigenvalue weighted by Crippen LogP contribution is 2.13. The molecule has 1 heterocycles. The zero-order valence-corrected chi connectivity index (χ0v) is 9.78. The van der Waals surface area contributed by atoms with Crippen LogP contribution in [0, 0.1) is 6.92 Å². The van der Waals surface area contributed by atoms with E-state index >= 15 is 0 Å². The topological polar surface area (TPSA) is 101 Å². The highest BCUT2D eigenvalue weighted by molar-refractivity contribution is 7.92. The van der Waals surface area contributed by atoms with Gasteiger partial charge in [-0.15, -0.1) is 0 Å². The number of aliphatic carboxylic acids is 1. The van der Waals surface area contributed by atoms with Crippen LogP contribution in [0.1, 0.15) is 12.1 Å². The third-order valence-electron chi connectivity index (χ3n) is 1.86. The minimum atomic E-state index is -3.62. The number of hydrogen-bond acceptors (Lipinski definition) is 4. The summed E-state index contributed by atoms with van der Waals surface area (Å²) in [5.74, 6) is -1.59. The van der Waals surface area contributed by atoms with Gasteiger partial charge < -0.3 is 5.11 Å². The summed E-state index contributed by atoms with van der Waals surface area (Å²) in [5, 5.41) is 12.4. The number of carboxylic acid groups (broad SMARTS) is 1. The molecule has 1 aromatic rings. The van der Waals surface area contributed by atoms with Gasteiger partial charge in [0, 0.05) is 13.2 Å². The Morgan fingerprint density at radius 2 is 2.25 bits per heavy atom. The summed E-state index contributed by atoms with van der Waals surface area (Å²) in [6.07, 6.45) is 1.10. The molecule has 7 nitrogen and oxygen atoms in total. The summed E-state index contributed by atoms with van der Waals surface area (Å²) < 4.78 is 26.7. The molecule has 90 valence electrons. The Labute approximate surface area is 93.1 Å². The molecule has 0 aliphatic rings. The van der Waals surface area contributed by atoms with Crippen molar-refractivity contribution >= 4 is 21.7 Å². The minimum Gasteiger partial charge on any atom is -0.481 e. The molecule has 16 heavy (non-hydrogen) atoms. The minimum absolute atomic E-state index is 0.368. The first kappa shape index (κ1) is 12.5. The largest absolute Gasteiger partial charge is 0.481 e. The third kappa shape index (κ3) is 3.54. The number of hydrogen-bond donors (Lipinski definition) is 2. The fourth-order valence-corrected chi connectivity index (χ4v) is 2.22. The molecule has 0 bridgehead atoms. The molecule has 0 aliphatic heterocycles. The Morgan fingerprint density at radius 3 is 2.69 bits per heavy atom. The van der Waals surface area contributed by atoms with E-state index in [-0.39, 0.29) is 0 Å². The molecule has 0 radical (unpaired) electrons. The molecule has 2 N–H and O–H groups in total. The van der Waals surface area contributed by atoms with Crippen LogP contribution in [0.15, 0.2) is 6.20 Å². The second-order valence-electron chi connectivity index (χ2n) is 3.37. The third-order valence-corrected chi connectivity index (χ3v) is 3.14. The number of nitrogens with zero attached hydrogens (tertiary/aromatic N) is 2. The lowest BCUT2D eigenvalue weighted by Crippen LogP contribution is -2.19. The highest BCUT2D eigenvalue weighted by atomic mass is 32.2. The lowest BCUT2D eigenvalue weighted by atomic mass is 10.4. The van der Waals surface area contributed by atoms with Crippen molar-refractivity contribution in [2.24, 2.45) is 7.05 Å². The van der Waals surface area contributed by atoms with Gasteiger partial charge in [0.1, 0.15) is 0 Å². The van der Waals surface area contributed by atoms with Crippen molar-refractivity contribution in [3.63, 3.8) is 0 Å². The van der Waals surface area contributed by atoms with E-state index in [2.05, 4.69) is 9.82 Å². The molecule has 0 saturated carbocycles. The highest BCUT2D eigenvalue weighted by Gasteiger charge is 2.15. The van der Waals surface area contributed by atoms with E-state index in [9.17, 15) is 13.2 Å². The van der Waals surface area contributed by atoms with Crippen LogP contribution in [0.2, 0.25) is 0 Å². The van der Waals surface area contributed by atoms with Crippen LogP contribution >= 0.6 is 0 Å². The fourth-order valence-electron chi connectivity index (χ4n) is 1.14. The summed E-state index contributed by atoms with van der Waals surface area (Å²) in [7, 11) is -1.95. The summed E-state index contributed by atoms with van der Waals surface area (Å²) >= 11 is 0. The van der Waals surface area contributed by atoms with Crippen molar-refractivity contribution in [3.05, 3.63) is 11.9 Å². The molecule has 0 spiro atoms. The smallest absolute Gasteiger partial charge is 0.304 e. The molecule has 0 saturated heterocycles. The summed E-state index contributed by atoms with van der Waals surface area (Å²) in [6.45, 7) is 1.66. The summed E-state index contributed by atoms with van der Waals surface area (Å²) in [4.78, 5) is 10.3. The Balaban J connectivity index is 2.73. The molecular formula is C8H13N3O4S. The van der Waals surface area contributed by atoms with Gasteiger partial charge in [-0.2, -0.15) is 5.10 Å². The summed E-state index contributed by atoms with van der Waals surface area (Å²) in [5.41, 5.74) is 0.911. The van der Waals surface area contributed by atoms with Gasteiger partial charge in [0.25, 0.3) is 0 Å². The van der Waals surface area contributed by atoms with E-state index in [1.54, 1.807) is 14.0 Å². The molecule has 0 amide bonds. The number of aryl methyl sites for hydroxylation is 2. The summed E-state index contributed by atoms with van der Waals surface area (Å²) in [6, 6.07) is 0. The van der Waals surface area contributed by atoms with E-state index in [0.29, 0.717) is 11.4 Å². The van der Waals surface area contributed by atoms with E-state index in [0.717, 1.165) is 0 Å². The Kier molecular flexibility index (Phi) is 3.53. The molecular weight excluding hydrogens is 234 g/mol. The number of sulfonamides is 1. The van der Waals surface area contributed by atoms with Crippen molar-refractivity contribution < 1.29 is 18.3 Å². The predicted octanol–water partition coefficient (Wildman–Crippen LogP) is -0.0551. The Bertz CT molecular complexity index is 491. The van der Waals surface area contributed by atoms with Crippen LogP contribution in [-0.4, -0.2) is 35.0 Å². The maximum atomic E-state index is 11.5. The van der Waals surface area contributed by atoms with Gasteiger partial charge in [-0.25, -0.2) is 8.42 Å². The zero-order valence-electron chi connectivity index (χ0n) is 8.97. The second kappa shape index (κ2) is 4.52. The second-order valence-corrected chi connectivity index (χ2v) is 5.21. The van der Waals surface area contributed by atoms with Crippen LogP contribution in [-0.2, 0) is 21.9 Å². The molecule has 0 unspecified atom stereocenters. The molecule has 0 aromatic carbocycles. The average molecular weight is 247 g/mol. The maximum Gasteiger partial charge on any atom is 0.304 e. The van der Waals surface area contributed by atoms with Gasteiger partial charge in [-0.1, -0.05) is 0 Å². The predicted molar refractivity (Wildman–Crippen MR) is 57.6 cm³/mol. The van der Waals surface area contributed by atoms with Gasteiger partial charge in [0.15, 0.2) is 0 Å². The van der Waals surface area contributed by atoms with Crippen LogP contribution in [0.5, 0.6) is 0 Å². The van der Waals surface area contributed by atoms with Gasteiger partial charge in [-0.3, -0.25) is 14.2 Å². The first-order chi connectivity index (χ1) is 7.30. The van der Waals surface area contributed by atoms with Crippen LogP contribution < -0.4 is 4.72 Å². The number of carboxylic acids is 1. The number of nitrogens with one attached hydrogen (secondary N) is 1. The number of anilines is 1. The fraction of sp³-hybridized carbons (Fsp3) is 0.500. The van der Waals surface area contributed by atoms with E-state index in [4.69, 9.17) is 5.11 Å². The molecule has 8 heteroatoms. The standard InChI is InChI=1S/C8H13N3O4S/c1-6-7(5-11(2)9-6)10-16(14,15)4-3-8(12)13/h5,10H,3-4H2,1-2H3,(H,12,13). The average Bonchev–Trinajstić information content (AvgIpc) is 2.41. The van der Waals surface area contributed by atoms with Gasteiger partial charge in [0.2, 0.25) is 10.0 Å². The molecule has 0 fully saturated rings. The Morgan fingerprint density at radius 1 is 1.62 bits per heavy atom. The van der Waals surface area contributed by atoms with E-state index in [1.807, 2.05) is 0 Å². The lowest BCUT2D eigenvalue weighted by molar-refractivity contribution is -0.136. The number of carbonyl (C=O) groups is 1. The lowest BCUT2D eigenvalue weighted by Gasteiger charge is -2.04. The molecule has 1 rings (SSSR count). The first-order valence-electron chi connectivity index (χ1n) is 4.53. The van der Waals surface area contributed by atoms with Crippen molar-refractivity contribution in [1.82, 2.24) is 9.78 Å².